The Balaban J connectivity index is 1.88. The van der Waals surface area contributed by atoms with Gasteiger partial charge >= 0.3 is 0 Å². The minimum Gasteiger partial charge on any atom is -0.493 e. The summed E-state index contributed by atoms with van der Waals surface area (Å²) < 4.78 is 12.7. The summed E-state index contributed by atoms with van der Waals surface area (Å²) in [5.41, 5.74) is 2.89. The first-order valence-corrected chi connectivity index (χ1v) is 10.7. The molecule has 6 heteroatoms. The molecule has 0 unspecified atom stereocenters. The molecule has 1 heterocycles. The van der Waals surface area contributed by atoms with Gasteiger partial charge in [-0.15, -0.1) is 6.58 Å². The van der Waals surface area contributed by atoms with Crippen LogP contribution in [0.3, 0.4) is 0 Å². The molecule has 0 spiro atoms. The van der Waals surface area contributed by atoms with Crippen LogP contribution in [0, 0.1) is 0 Å². The first kappa shape index (κ1) is 22.0. The second-order valence-corrected chi connectivity index (χ2v) is 7.32. The van der Waals surface area contributed by atoms with Gasteiger partial charge in [-0.3, -0.25) is 4.79 Å². The third-order valence-electron chi connectivity index (χ3n) is 5.14. The Kier molecular flexibility index (Phi) is 6.64. The fraction of sp³-hybridized carbons (Fsp3) is 0.148. The van der Waals surface area contributed by atoms with Gasteiger partial charge in [0.1, 0.15) is 0 Å². The van der Waals surface area contributed by atoms with Gasteiger partial charge in [-0.1, -0.05) is 48.5 Å². The Morgan fingerprint density at radius 2 is 1.85 bits per heavy atom. The average Bonchev–Trinajstić information content (AvgIpc) is 2.85. The van der Waals surface area contributed by atoms with Crippen LogP contribution in [0.4, 0.5) is 0 Å². The van der Waals surface area contributed by atoms with Crippen molar-refractivity contribution in [3.8, 4) is 22.9 Å². The zero-order valence-electron chi connectivity index (χ0n) is 18.7. The van der Waals surface area contributed by atoms with Crippen LogP contribution in [-0.2, 0) is 6.42 Å². The monoisotopic (exact) mass is 439 g/mol. The molecule has 0 radical (unpaired) electrons. The lowest BCUT2D eigenvalue weighted by Crippen LogP contribution is -2.20. The molecular formula is C27H25N3O3. The second-order valence-electron chi connectivity index (χ2n) is 7.32. The topological polar surface area (TPSA) is 65.7 Å². The largest absolute Gasteiger partial charge is 0.493 e. The number of nitrogens with zero attached hydrogens (tertiary/aromatic N) is 3. The van der Waals surface area contributed by atoms with E-state index in [4.69, 9.17) is 14.5 Å². The standard InChI is InChI=1S/C27H25N3O3/c1-4-11-21-16-19(17-24(32-3)25(21)33-5-2)18-28-30-26(20-12-7-6-8-13-20)29-23-15-10-9-14-22(23)27(30)31/h4,6-10,12-18H,1,5,11H2,2-3H3. The van der Waals surface area contributed by atoms with Crippen molar-refractivity contribution in [1.29, 1.82) is 0 Å². The SMILES string of the molecule is C=CCc1cc(C=Nn2c(-c3ccccc3)nc3ccccc3c2=O)cc(OC)c1OCC. The van der Waals surface area contributed by atoms with Crippen LogP contribution in [0.1, 0.15) is 18.1 Å². The van der Waals surface area contributed by atoms with Crippen molar-refractivity contribution in [2.75, 3.05) is 13.7 Å². The fourth-order valence-electron chi connectivity index (χ4n) is 3.65. The van der Waals surface area contributed by atoms with E-state index in [-0.39, 0.29) is 5.56 Å². The lowest BCUT2D eigenvalue weighted by molar-refractivity contribution is 0.308. The molecule has 0 aliphatic heterocycles. The van der Waals surface area contributed by atoms with E-state index in [2.05, 4.69) is 11.7 Å². The molecule has 166 valence electrons. The van der Waals surface area contributed by atoms with Gasteiger partial charge in [0.2, 0.25) is 0 Å². The number of hydrogen-bond acceptors (Lipinski definition) is 5. The van der Waals surface area contributed by atoms with Gasteiger partial charge in [-0.25, -0.2) is 4.98 Å². The highest BCUT2D eigenvalue weighted by atomic mass is 16.5. The molecule has 0 saturated heterocycles. The van der Waals surface area contributed by atoms with Crippen molar-refractivity contribution in [3.05, 3.63) is 101 Å². The molecule has 33 heavy (non-hydrogen) atoms. The number of ether oxygens (including phenoxy) is 2. The second kappa shape index (κ2) is 9.96. The van der Waals surface area contributed by atoms with Gasteiger partial charge < -0.3 is 9.47 Å². The van der Waals surface area contributed by atoms with Crippen LogP contribution in [0.25, 0.3) is 22.3 Å². The Morgan fingerprint density at radius 1 is 1.09 bits per heavy atom. The molecule has 0 fully saturated rings. The fourth-order valence-corrected chi connectivity index (χ4v) is 3.65. The minimum atomic E-state index is -0.236. The maximum Gasteiger partial charge on any atom is 0.282 e. The van der Waals surface area contributed by atoms with Crippen LogP contribution >= 0.6 is 0 Å². The highest BCUT2D eigenvalue weighted by Gasteiger charge is 2.14. The van der Waals surface area contributed by atoms with Crippen molar-refractivity contribution in [3.63, 3.8) is 0 Å². The minimum absolute atomic E-state index is 0.236. The summed E-state index contributed by atoms with van der Waals surface area (Å²) in [4.78, 5) is 18.1. The quantitative estimate of drug-likeness (QED) is 0.284. The number of aromatic nitrogens is 2. The molecule has 1 aromatic heterocycles. The van der Waals surface area contributed by atoms with Gasteiger partial charge in [0.15, 0.2) is 17.3 Å². The van der Waals surface area contributed by atoms with Crippen LogP contribution in [0.2, 0.25) is 0 Å². The predicted octanol–water partition coefficient (Wildman–Crippen LogP) is 5.08. The zero-order chi connectivity index (χ0) is 23.2. The molecule has 0 bridgehead atoms. The molecule has 0 aliphatic rings. The number of hydrogen-bond donors (Lipinski definition) is 0. The lowest BCUT2D eigenvalue weighted by Gasteiger charge is -2.14. The summed E-state index contributed by atoms with van der Waals surface area (Å²) in [7, 11) is 1.60. The molecule has 0 atom stereocenters. The average molecular weight is 440 g/mol. The van der Waals surface area contributed by atoms with Gasteiger partial charge in [0.25, 0.3) is 5.56 Å². The van der Waals surface area contributed by atoms with Crippen molar-refractivity contribution in [2.24, 2.45) is 5.10 Å². The maximum atomic E-state index is 13.3. The van der Waals surface area contributed by atoms with Crippen molar-refractivity contribution >= 4 is 17.1 Å². The Labute approximate surface area is 192 Å². The highest BCUT2D eigenvalue weighted by molar-refractivity contribution is 5.83. The Morgan fingerprint density at radius 3 is 2.58 bits per heavy atom. The van der Waals surface area contributed by atoms with E-state index in [1.165, 1.54) is 4.68 Å². The smallest absolute Gasteiger partial charge is 0.282 e. The Bertz CT molecular complexity index is 1380. The molecule has 3 aromatic carbocycles. The summed E-state index contributed by atoms with van der Waals surface area (Å²) in [5, 5.41) is 5.05. The van der Waals surface area contributed by atoms with Crippen LogP contribution in [0.5, 0.6) is 11.5 Å². The summed E-state index contributed by atoms with van der Waals surface area (Å²) in [6.45, 7) is 6.29. The van der Waals surface area contributed by atoms with E-state index in [0.29, 0.717) is 41.3 Å². The third-order valence-corrected chi connectivity index (χ3v) is 5.14. The zero-order valence-corrected chi connectivity index (χ0v) is 18.7. The van der Waals surface area contributed by atoms with Gasteiger partial charge in [-0.2, -0.15) is 9.78 Å². The van der Waals surface area contributed by atoms with Crippen LogP contribution in [-0.4, -0.2) is 29.6 Å². The van der Waals surface area contributed by atoms with Gasteiger partial charge in [-0.05, 0) is 43.2 Å². The predicted molar refractivity (Wildman–Crippen MR) is 132 cm³/mol. The first-order chi connectivity index (χ1) is 16.2. The number of para-hydroxylation sites is 1. The molecule has 0 saturated carbocycles. The Hall–Kier alpha value is -4.19. The summed E-state index contributed by atoms with van der Waals surface area (Å²) in [6, 6.07) is 20.6. The maximum absolute atomic E-state index is 13.3. The van der Waals surface area contributed by atoms with E-state index in [0.717, 1.165) is 16.7 Å². The molecular weight excluding hydrogens is 414 g/mol. The van der Waals surface area contributed by atoms with Gasteiger partial charge in [0, 0.05) is 11.1 Å². The molecule has 4 aromatic rings. The number of allylic oxidation sites excluding steroid dienone is 1. The van der Waals surface area contributed by atoms with E-state index in [1.807, 2.05) is 73.7 Å². The van der Waals surface area contributed by atoms with E-state index in [1.54, 1.807) is 19.4 Å². The van der Waals surface area contributed by atoms with Crippen LogP contribution in [0.15, 0.2) is 89.3 Å². The van der Waals surface area contributed by atoms with Crippen LogP contribution < -0.4 is 15.0 Å². The van der Waals surface area contributed by atoms with Crippen molar-refractivity contribution in [2.45, 2.75) is 13.3 Å². The third kappa shape index (κ3) is 4.55. The van der Waals surface area contributed by atoms with Crippen molar-refractivity contribution in [1.82, 2.24) is 9.66 Å². The molecule has 6 nitrogen and oxygen atoms in total. The summed E-state index contributed by atoms with van der Waals surface area (Å²) in [6.07, 6.45) is 4.05. The van der Waals surface area contributed by atoms with Crippen molar-refractivity contribution < 1.29 is 9.47 Å². The number of methoxy groups -OCH3 is 1. The normalized spacial score (nSPS) is 11.1. The molecule has 0 amide bonds. The molecule has 0 N–H and O–H groups in total. The molecule has 0 aliphatic carbocycles. The molecule has 4 rings (SSSR count). The van der Waals surface area contributed by atoms with E-state index >= 15 is 0 Å². The first-order valence-electron chi connectivity index (χ1n) is 10.7. The number of fused-ring (bicyclic) bond motifs is 1. The summed E-state index contributed by atoms with van der Waals surface area (Å²) >= 11 is 0. The number of benzene rings is 3. The number of rotatable bonds is 8. The van der Waals surface area contributed by atoms with E-state index < -0.39 is 0 Å². The van der Waals surface area contributed by atoms with E-state index in [9.17, 15) is 4.79 Å². The lowest BCUT2D eigenvalue weighted by atomic mass is 10.1. The summed E-state index contributed by atoms with van der Waals surface area (Å²) in [5.74, 6) is 1.76. The highest BCUT2D eigenvalue weighted by Crippen LogP contribution is 2.33. The van der Waals surface area contributed by atoms with Gasteiger partial charge in [0.05, 0.1) is 30.8 Å².